The minimum Gasteiger partial charge on any atom is -0.285 e. The van der Waals surface area contributed by atoms with Gasteiger partial charge in [0.25, 0.3) is 0 Å². The largest absolute Gasteiger partial charge is 0.285 e. The maximum absolute atomic E-state index is 5.31. The maximum Gasteiger partial charge on any atom is 0.0721 e. The third kappa shape index (κ3) is 3.09. The molecule has 0 fully saturated rings. The molecule has 0 unspecified atom stereocenters. The van der Waals surface area contributed by atoms with Gasteiger partial charge in [-0.3, -0.25) is 4.99 Å². The molecule has 0 amide bonds. The van der Waals surface area contributed by atoms with Gasteiger partial charge in [0.15, 0.2) is 0 Å². The lowest BCUT2D eigenvalue weighted by Crippen LogP contribution is -1.90. The van der Waals surface area contributed by atoms with Crippen molar-refractivity contribution in [3.8, 4) is 12.3 Å². The zero-order valence-electron chi connectivity index (χ0n) is 10.4. The van der Waals surface area contributed by atoms with Gasteiger partial charge in [-0.05, 0) is 30.2 Å². The summed E-state index contributed by atoms with van der Waals surface area (Å²) in [5.74, 6) is 2.60. The van der Waals surface area contributed by atoms with Gasteiger partial charge in [0.1, 0.15) is 0 Å². The van der Waals surface area contributed by atoms with Crippen molar-refractivity contribution < 1.29 is 0 Å². The highest BCUT2D eigenvalue weighted by molar-refractivity contribution is 5.79. The average molecular weight is 233 g/mol. The maximum atomic E-state index is 5.31. The third-order valence-corrected chi connectivity index (χ3v) is 2.81. The van der Waals surface area contributed by atoms with Crippen molar-refractivity contribution in [2.45, 2.75) is 13.0 Å². The molecule has 0 radical (unpaired) electrons. The molecule has 0 N–H and O–H groups in total. The van der Waals surface area contributed by atoms with Gasteiger partial charge in [-0.2, -0.15) is 0 Å². The predicted octanol–water partition coefficient (Wildman–Crippen LogP) is 3.85. The van der Waals surface area contributed by atoms with Gasteiger partial charge in [0.2, 0.25) is 0 Å². The van der Waals surface area contributed by atoms with Gasteiger partial charge in [-0.25, -0.2) is 0 Å². The minimum atomic E-state index is 0.165. The van der Waals surface area contributed by atoms with Crippen LogP contribution in [-0.4, -0.2) is 6.21 Å². The van der Waals surface area contributed by atoms with Crippen molar-refractivity contribution in [3.63, 3.8) is 0 Å². The highest BCUT2D eigenvalue weighted by Gasteiger charge is 2.00. The summed E-state index contributed by atoms with van der Waals surface area (Å²) in [6.45, 7) is 2.08. The molecular weight excluding hydrogens is 218 g/mol. The first-order valence-corrected chi connectivity index (χ1v) is 5.94. The number of aliphatic imine (C=N–C) groups is 1. The molecule has 0 spiro atoms. The van der Waals surface area contributed by atoms with Crippen molar-refractivity contribution in [2.24, 2.45) is 4.99 Å². The Labute approximate surface area is 108 Å². The number of terminal acetylenes is 1. The normalized spacial score (nSPS) is 12.2. The van der Waals surface area contributed by atoms with Gasteiger partial charge in [0, 0.05) is 11.8 Å². The van der Waals surface area contributed by atoms with Crippen molar-refractivity contribution >= 4 is 6.21 Å². The van der Waals surface area contributed by atoms with Gasteiger partial charge in [-0.15, -0.1) is 6.42 Å². The molecule has 0 aromatic heterocycles. The SMILES string of the molecule is C#Cc1ccc(C=N[C@H](C)c2ccccc2)cc1. The second-order valence-electron chi connectivity index (χ2n) is 4.13. The fourth-order valence-electron chi connectivity index (χ4n) is 1.68. The molecule has 88 valence electrons. The molecule has 1 atom stereocenters. The Morgan fingerprint density at radius 1 is 1.06 bits per heavy atom. The highest BCUT2D eigenvalue weighted by atomic mass is 14.8. The second kappa shape index (κ2) is 5.84. The zero-order chi connectivity index (χ0) is 12.8. The molecule has 0 bridgehead atoms. The number of hydrogen-bond acceptors (Lipinski definition) is 1. The summed E-state index contributed by atoms with van der Waals surface area (Å²) in [5, 5.41) is 0. The van der Waals surface area contributed by atoms with Crippen LogP contribution in [0.15, 0.2) is 59.6 Å². The van der Waals surface area contributed by atoms with Crippen molar-refractivity contribution in [1.29, 1.82) is 0 Å². The first-order valence-electron chi connectivity index (χ1n) is 5.94. The molecule has 2 aromatic rings. The van der Waals surface area contributed by atoms with E-state index in [4.69, 9.17) is 6.42 Å². The number of hydrogen-bond donors (Lipinski definition) is 0. The standard InChI is InChI=1S/C17H15N/c1-3-15-9-11-16(12-10-15)13-18-14(2)17-7-5-4-6-8-17/h1,4-14H,2H3/t14-/m1/s1. The molecule has 2 aromatic carbocycles. The van der Waals surface area contributed by atoms with E-state index < -0.39 is 0 Å². The van der Waals surface area contributed by atoms with Crippen LogP contribution >= 0.6 is 0 Å². The Morgan fingerprint density at radius 3 is 2.33 bits per heavy atom. The van der Waals surface area contributed by atoms with Crippen molar-refractivity contribution in [2.75, 3.05) is 0 Å². The van der Waals surface area contributed by atoms with E-state index in [0.29, 0.717) is 0 Å². The lowest BCUT2D eigenvalue weighted by atomic mass is 10.1. The molecule has 2 rings (SSSR count). The highest BCUT2D eigenvalue weighted by Crippen LogP contribution is 2.15. The van der Waals surface area contributed by atoms with E-state index in [1.807, 2.05) is 48.7 Å². The summed E-state index contributed by atoms with van der Waals surface area (Å²) in [4.78, 5) is 4.54. The van der Waals surface area contributed by atoms with Crippen LogP contribution in [0.1, 0.15) is 29.7 Å². The third-order valence-electron chi connectivity index (χ3n) is 2.81. The van der Waals surface area contributed by atoms with Crippen LogP contribution in [0.4, 0.5) is 0 Å². The number of nitrogens with zero attached hydrogens (tertiary/aromatic N) is 1. The Balaban J connectivity index is 2.09. The summed E-state index contributed by atoms with van der Waals surface area (Å²) >= 11 is 0. The molecule has 0 saturated carbocycles. The van der Waals surface area contributed by atoms with Gasteiger partial charge >= 0.3 is 0 Å². The Morgan fingerprint density at radius 2 is 1.72 bits per heavy atom. The van der Waals surface area contributed by atoms with Gasteiger partial charge in [0.05, 0.1) is 6.04 Å². The van der Waals surface area contributed by atoms with E-state index in [1.165, 1.54) is 5.56 Å². The molecule has 1 nitrogen and oxygen atoms in total. The van der Waals surface area contributed by atoms with E-state index >= 15 is 0 Å². The molecule has 0 heterocycles. The molecule has 0 saturated heterocycles. The lowest BCUT2D eigenvalue weighted by molar-refractivity contribution is 0.825. The van der Waals surface area contributed by atoms with Crippen LogP contribution in [0, 0.1) is 12.3 Å². The summed E-state index contributed by atoms with van der Waals surface area (Å²) in [5.41, 5.74) is 3.18. The van der Waals surface area contributed by atoms with E-state index in [1.54, 1.807) is 0 Å². The van der Waals surface area contributed by atoms with Gasteiger partial charge < -0.3 is 0 Å². The van der Waals surface area contributed by atoms with E-state index in [-0.39, 0.29) is 6.04 Å². The smallest absolute Gasteiger partial charge is 0.0721 e. The molecule has 18 heavy (non-hydrogen) atoms. The minimum absolute atomic E-state index is 0.165. The predicted molar refractivity (Wildman–Crippen MR) is 76.8 cm³/mol. The van der Waals surface area contributed by atoms with E-state index in [2.05, 4.69) is 30.0 Å². The summed E-state index contributed by atoms with van der Waals surface area (Å²) < 4.78 is 0. The second-order valence-corrected chi connectivity index (χ2v) is 4.13. The van der Waals surface area contributed by atoms with Crippen molar-refractivity contribution in [3.05, 3.63) is 71.3 Å². The summed E-state index contributed by atoms with van der Waals surface area (Å²) in [6.07, 6.45) is 7.20. The average Bonchev–Trinajstić information content (AvgIpc) is 2.46. The van der Waals surface area contributed by atoms with Crippen LogP contribution < -0.4 is 0 Å². The van der Waals surface area contributed by atoms with Gasteiger partial charge in [-0.1, -0.05) is 48.4 Å². The Kier molecular flexibility index (Phi) is 3.94. The fraction of sp³-hybridized carbons (Fsp3) is 0.118. The Hall–Kier alpha value is -2.33. The monoisotopic (exact) mass is 233 g/mol. The number of benzene rings is 2. The van der Waals surface area contributed by atoms with Crippen LogP contribution in [0.5, 0.6) is 0 Å². The van der Waals surface area contributed by atoms with Crippen LogP contribution in [0.25, 0.3) is 0 Å². The quantitative estimate of drug-likeness (QED) is 0.564. The molecule has 0 aliphatic rings. The first kappa shape index (κ1) is 12.1. The molecule has 0 aliphatic carbocycles. The zero-order valence-corrected chi connectivity index (χ0v) is 10.4. The fourth-order valence-corrected chi connectivity index (χ4v) is 1.68. The molecular formula is C17H15N. The molecule has 1 heteroatoms. The number of rotatable bonds is 3. The summed E-state index contributed by atoms with van der Waals surface area (Å²) in [6, 6.07) is 18.2. The van der Waals surface area contributed by atoms with Crippen LogP contribution in [0.3, 0.4) is 0 Å². The van der Waals surface area contributed by atoms with Crippen molar-refractivity contribution in [1.82, 2.24) is 0 Å². The summed E-state index contributed by atoms with van der Waals surface area (Å²) in [7, 11) is 0. The van der Waals surface area contributed by atoms with E-state index in [9.17, 15) is 0 Å². The molecule has 0 aliphatic heterocycles. The first-order chi connectivity index (χ1) is 8.79. The van der Waals surface area contributed by atoms with E-state index in [0.717, 1.165) is 11.1 Å². The topological polar surface area (TPSA) is 12.4 Å². The van der Waals surface area contributed by atoms with Crippen LogP contribution in [0.2, 0.25) is 0 Å². The lowest BCUT2D eigenvalue weighted by Gasteiger charge is -2.05. The Bertz CT molecular complexity index is 559. The van der Waals surface area contributed by atoms with Crippen LogP contribution in [-0.2, 0) is 0 Å².